The number of nitrogens with one attached hydrogen (secondary N) is 1. The molecule has 0 aliphatic carbocycles. The molecular formula is C13H18N2O3. The molecule has 0 aliphatic heterocycles. The fraction of sp³-hybridized carbons (Fsp3) is 0.385. The summed E-state index contributed by atoms with van der Waals surface area (Å²) in [5.74, 6) is -0.453. The van der Waals surface area contributed by atoms with E-state index in [1.165, 1.54) is 11.8 Å². The van der Waals surface area contributed by atoms with Gasteiger partial charge in [0.2, 0.25) is 5.91 Å². The number of carbonyl (C=O) groups excluding carboxylic acids is 2. The van der Waals surface area contributed by atoms with E-state index < -0.39 is 6.10 Å². The monoisotopic (exact) mass is 250 g/mol. The average molecular weight is 250 g/mol. The highest BCUT2D eigenvalue weighted by molar-refractivity contribution is 6.04. The number of rotatable bonds is 4. The number of carbonyl (C=O) groups is 2. The average Bonchev–Trinajstić information content (AvgIpc) is 2.34. The second kappa shape index (κ2) is 6.16. The zero-order chi connectivity index (χ0) is 13.7. The van der Waals surface area contributed by atoms with E-state index in [0.29, 0.717) is 11.3 Å². The topological polar surface area (TPSA) is 69.6 Å². The van der Waals surface area contributed by atoms with E-state index in [2.05, 4.69) is 5.32 Å². The molecule has 1 atom stereocenters. The third-order valence-corrected chi connectivity index (χ3v) is 2.54. The van der Waals surface area contributed by atoms with Gasteiger partial charge in [-0.25, -0.2) is 0 Å². The molecule has 5 nitrogen and oxygen atoms in total. The van der Waals surface area contributed by atoms with Gasteiger partial charge >= 0.3 is 0 Å². The summed E-state index contributed by atoms with van der Waals surface area (Å²) in [5, 5.41) is 11.7. The summed E-state index contributed by atoms with van der Waals surface area (Å²) in [6.45, 7) is 3.20. The summed E-state index contributed by atoms with van der Waals surface area (Å²) < 4.78 is 0. The summed E-state index contributed by atoms with van der Waals surface area (Å²) in [6, 6.07) is 6.85. The first-order valence-electron chi connectivity index (χ1n) is 5.73. The molecular weight excluding hydrogens is 232 g/mol. The first-order valence-corrected chi connectivity index (χ1v) is 5.73. The van der Waals surface area contributed by atoms with Gasteiger partial charge in [-0.2, -0.15) is 0 Å². The van der Waals surface area contributed by atoms with Crippen molar-refractivity contribution in [1.29, 1.82) is 0 Å². The van der Waals surface area contributed by atoms with E-state index in [-0.39, 0.29) is 18.4 Å². The van der Waals surface area contributed by atoms with Crippen molar-refractivity contribution < 1.29 is 14.7 Å². The lowest BCUT2D eigenvalue weighted by Crippen LogP contribution is -2.32. The summed E-state index contributed by atoms with van der Waals surface area (Å²) in [5.41, 5.74) is 0.962. The van der Waals surface area contributed by atoms with Crippen LogP contribution in [0.1, 0.15) is 24.2 Å². The molecule has 98 valence electrons. The van der Waals surface area contributed by atoms with Crippen molar-refractivity contribution >= 4 is 17.5 Å². The molecule has 5 heteroatoms. The fourth-order valence-electron chi connectivity index (χ4n) is 1.46. The normalized spacial score (nSPS) is 11.8. The Morgan fingerprint density at radius 1 is 1.39 bits per heavy atom. The van der Waals surface area contributed by atoms with E-state index in [4.69, 9.17) is 5.11 Å². The smallest absolute Gasteiger partial charge is 0.253 e. The van der Waals surface area contributed by atoms with Crippen molar-refractivity contribution in [2.24, 2.45) is 0 Å². The lowest BCUT2D eigenvalue weighted by molar-refractivity contribution is -0.116. The second-order valence-electron chi connectivity index (χ2n) is 4.15. The number of benzene rings is 1. The molecule has 0 aliphatic rings. The number of aliphatic hydroxyl groups is 1. The van der Waals surface area contributed by atoms with Gasteiger partial charge in [0.25, 0.3) is 5.91 Å². The maximum Gasteiger partial charge on any atom is 0.253 e. The molecule has 0 heterocycles. The lowest BCUT2D eigenvalue weighted by Gasteiger charge is -2.18. The van der Waals surface area contributed by atoms with Crippen molar-refractivity contribution in [3.8, 4) is 0 Å². The van der Waals surface area contributed by atoms with Crippen molar-refractivity contribution in [3.63, 3.8) is 0 Å². The van der Waals surface area contributed by atoms with Gasteiger partial charge in [0.15, 0.2) is 0 Å². The Morgan fingerprint density at radius 3 is 2.56 bits per heavy atom. The van der Waals surface area contributed by atoms with Gasteiger partial charge in [-0.15, -0.1) is 0 Å². The van der Waals surface area contributed by atoms with E-state index in [9.17, 15) is 9.59 Å². The van der Waals surface area contributed by atoms with Crippen LogP contribution in [-0.2, 0) is 4.79 Å². The van der Waals surface area contributed by atoms with Crippen molar-refractivity contribution in [3.05, 3.63) is 29.8 Å². The van der Waals surface area contributed by atoms with Gasteiger partial charge in [-0.1, -0.05) is 12.1 Å². The molecule has 1 aromatic carbocycles. The minimum absolute atomic E-state index is 0.147. The molecule has 2 N–H and O–H groups in total. The highest BCUT2D eigenvalue weighted by Crippen LogP contribution is 2.19. The molecule has 1 rings (SSSR count). The highest BCUT2D eigenvalue weighted by atomic mass is 16.3. The Morgan fingerprint density at radius 2 is 2.00 bits per heavy atom. The van der Waals surface area contributed by atoms with Gasteiger partial charge in [0.1, 0.15) is 0 Å². The van der Waals surface area contributed by atoms with E-state index >= 15 is 0 Å². The second-order valence-corrected chi connectivity index (χ2v) is 4.15. The Bertz CT molecular complexity index is 444. The molecule has 0 aromatic heterocycles. The van der Waals surface area contributed by atoms with Crippen molar-refractivity contribution in [2.75, 3.05) is 18.5 Å². The van der Waals surface area contributed by atoms with Crippen LogP contribution in [0.4, 0.5) is 5.69 Å². The zero-order valence-electron chi connectivity index (χ0n) is 10.8. The first-order chi connectivity index (χ1) is 8.43. The van der Waals surface area contributed by atoms with Gasteiger partial charge in [0.05, 0.1) is 17.4 Å². The predicted molar refractivity (Wildman–Crippen MR) is 69.5 cm³/mol. The molecule has 2 amide bonds. The number of nitrogens with zero attached hydrogens (tertiary/aromatic N) is 1. The van der Waals surface area contributed by atoms with Crippen LogP contribution in [-0.4, -0.2) is 36.6 Å². The third kappa shape index (κ3) is 3.56. The van der Waals surface area contributed by atoms with Gasteiger partial charge in [0, 0.05) is 20.5 Å². The number of para-hydroxylation sites is 1. The predicted octanol–water partition coefficient (Wildman–Crippen LogP) is 0.780. The Balaban J connectivity index is 2.94. The number of anilines is 1. The van der Waals surface area contributed by atoms with Gasteiger partial charge < -0.3 is 15.3 Å². The first kappa shape index (κ1) is 14.2. The summed E-state index contributed by atoms with van der Waals surface area (Å²) in [6.07, 6.45) is -0.605. The van der Waals surface area contributed by atoms with E-state index in [1.54, 1.807) is 38.2 Å². The molecule has 0 fully saturated rings. The SMILES string of the molecule is CC(=O)N(C)c1ccccc1C(=O)NC[C@@H](C)O. The summed E-state index contributed by atoms with van der Waals surface area (Å²) in [4.78, 5) is 24.7. The van der Waals surface area contributed by atoms with Crippen LogP contribution in [0.3, 0.4) is 0 Å². The number of amides is 2. The Hall–Kier alpha value is -1.88. The van der Waals surface area contributed by atoms with E-state index in [1.807, 2.05) is 0 Å². The highest BCUT2D eigenvalue weighted by Gasteiger charge is 2.15. The minimum atomic E-state index is -0.605. The van der Waals surface area contributed by atoms with Crippen molar-refractivity contribution in [2.45, 2.75) is 20.0 Å². The largest absolute Gasteiger partial charge is 0.392 e. The molecule has 1 aromatic rings. The summed E-state index contributed by atoms with van der Waals surface area (Å²) in [7, 11) is 1.61. The lowest BCUT2D eigenvalue weighted by atomic mass is 10.1. The molecule has 0 saturated carbocycles. The number of hydrogen-bond acceptors (Lipinski definition) is 3. The molecule has 0 spiro atoms. The fourth-order valence-corrected chi connectivity index (χ4v) is 1.46. The Kier molecular flexibility index (Phi) is 4.85. The Labute approximate surface area is 106 Å². The van der Waals surface area contributed by atoms with E-state index in [0.717, 1.165) is 0 Å². The van der Waals surface area contributed by atoms with Crippen LogP contribution in [0.25, 0.3) is 0 Å². The molecule has 0 saturated heterocycles. The van der Waals surface area contributed by atoms with Crippen LogP contribution < -0.4 is 10.2 Å². The quantitative estimate of drug-likeness (QED) is 0.829. The van der Waals surface area contributed by atoms with Gasteiger partial charge in [-0.3, -0.25) is 9.59 Å². The van der Waals surface area contributed by atoms with Crippen LogP contribution in [0.5, 0.6) is 0 Å². The van der Waals surface area contributed by atoms with Crippen LogP contribution in [0, 0.1) is 0 Å². The molecule has 0 bridgehead atoms. The van der Waals surface area contributed by atoms with Crippen LogP contribution >= 0.6 is 0 Å². The zero-order valence-corrected chi connectivity index (χ0v) is 10.8. The maximum atomic E-state index is 11.9. The van der Waals surface area contributed by atoms with Crippen LogP contribution in [0.2, 0.25) is 0 Å². The standard InChI is InChI=1S/C13H18N2O3/c1-9(16)8-14-13(18)11-6-4-5-7-12(11)15(3)10(2)17/h4-7,9,16H,8H2,1-3H3,(H,14,18)/t9-/m1/s1. The molecule has 0 radical (unpaired) electrons. The molecule has 0 unspecified atom stereocenters. The third-order valence-electron chi connectivity index (χ3n) is 2.54. The molecule has 18 heavy (non-hydrogen) atoms. The summed E-state index contributed by atoms with van der Waals surface area (Å²) >= 11 is 0. The maximum absolute atomic E-state index is 11.9. The van der Waals surface area contributed by atoms with Crippen molar-refractivity contribution in [1.82, 2.24) is 5.32 Å². The van der Waals surface area contributed by atoms with Crippen LogP contribution in [0.15, 0.2) is 24.3 Å². The van der Waals surface area contributed by atoms with Gasteiger partial charge in [-0.05, 0) is 19.1 Å². The number of hydrogen-bond donors (Lipinski definition) is 2. The number of aliphatic hydroxyl groups excluding tert-OH is 1. The minimum Gasteiger partial charge on any atom is -0.392 e.